The van der Waals surface area contributed by atoms with Crippen molar-refractivity contribution in [2.24, 2.45) is 13.0 Å². The molecule has 1 fully saturated rings. The van der Waals surface area contributed by atoms with Crippen LogP contribution < -0.4 is 20.9 Å². The summed E-state index contributed by atoms with van der Waals surface area (Å²) >= 11 is 0. The molecule has 2 aromatic heterocycles. The number of para-hydroxylation sites is 1. The summed E-state index contributed by atoms with van der Waals surface area (Å²) in [6.45, 7) is 0.695. The number of carbonyl (C=O) groups excluding carboxylic acids is 2. The number of halogens is 1. The van der Waals surface area contributed by atoms with E-state index < -0.39 is 18.0 Å². The summed E-state index contributed by atoms with van der Waals surface area (Å²) in [6.07, 6.45) is 2.53. The Hall–Kier alpha value is -3.95. The van der Waals surface area contributed by atoms with E-state index in [1.165, 1.54) is 13.2 Å². The number of amides is 2. The Kier molecular flexibility index (Phi) is 4.99. The lowest BCUT2D eigenvalue weighted by atomic mass is 9.99. The molecule has 0 saturated heterocycles. The van der Waals surface area contributed by atoms with Crippen molar-refractivity contribution in [1.82, 2.24) is 20.1 Å². The third-order valence-electron chi connectivity index (χ3n) is 5.93. The van der Waals surface area contributed by atoms with Crippen LogP contribution in [0.1, 0.15) is 22.3 Å². The van der Waals surface area contributed by atoms with Crippen molar-refractivity contribution in [2.75, 3.05) is 29.6 Å². The van der Waals surface area contributed by atoms with Crippen LogP contribution in [0.25, 0.3) is 11.3 Å². The number of hydrogen-bond donors (Lipinski definition) is 3. The fourth-order valence-corrected chi connectivity index (χ4v) is 4.20. The molecule has 1 saturated carbocycles. The van der Waals surface area contributed by atoms with E-state index in [4.69, 9.17) is 0 Å². The van der Waals surface area contributed by atoms with Crippen LogP contribution in [0.4, 0.5) is 27.3 Å². The average Bonchev–Trinajstić information content (AvgIpc) is 3.41. The number of carbonyl (C=O) groups is 2. The highest BCUT2D eigenvalue weighted by atomic mass is 19.1. The molecule has 2 aliphatic rings. The van der Waals surface area contributed by atoms with Gasteiger partial charge in [0.25, 0.3) is 5.91 Å². The van der Waals surface area contributed by atoms with Gasteiger partial charge in [0, 0.05) is 57.3 Å². The van der Waals surface area contributed by atoms with E-state index in [0.29, 0.717) is 17.8 Å². The van der Waals surface area contributed by atoms with E-state index in [2.05, 4.69) is 30.9 Å². The Morgan fingerprint density at radius 3 is 2.73 bits per heavy atom. The van der Waals surface area contributed by atoms with E-state index in [1.54, 1.807) is 10.7 Å². The van der Waals surface area contributed by atoms with Crippen molar-refractivity contribution in [3.05, 3.63) is 47.8 Å². The Morgan fingerprint density at radius 2 is 2.00 bits per heavy atom. The van der Waals surface area contributed by atoms with E-state index in [-0.39, 0.29) is 18.1 Å². The van der Waals surface area contributed by atoms with Crippen molar-refractivity contribution in [1.29, 1.82) is 0 Å². The molecule has 9 nitrogen and oxygen atoms in total. The summed E-state index contributed by atoms with van der Waals surface area (Å²) in [5.74, 6) is -1.11. The van der Waals surface area contributed by atoms with Gasteiger partial charge in [0.2, 0.25) is 5.91 Å². The Bertz CT molecular complexity index is 1270. The number of pyridine rings is 1. The van der Waals surface area contributed by atoms with Crippen LogP contribution in [0.3, 0.4) is 0 Å². The molecular formula is C23H24FN7O2. The molecule has 0 spiro atoms. The SMILES string of the molecule is CNC(=O)c1cnc(NC(=O)[C@H]2C[C@H]2F)cc1Nc1cccc2c1N(C)Cc1cn(C)nc1-2. The molecule has 0 radical (unpaired) electrons. The van der Waals surface area contributed by atoms with Crippen LogP contribution in [-0.4, -0.2) is 46.8 Å². The largest absolute Gasteiger partial charge is 0.368 e. The van der Waals surface area contributed by atoms with E-state index in [9.17, 15) is 14.0 Å². The fourth-order valence-electron chi connectivity index (χ4n) is 4.20. The van der Waals surface area contributed by atoms with Gasteiger partial charge < -0.3 is 20.9 Å². The van der Waals surface area contributed by atoms with Crippen molar-refractivity contribution in [3.8, 4) is 11.3 Å². The minimum Gasteiger partial charge on any atom is -0.368 e. The minimum atomic E-state index is -1.10. The molecule has 2 atom stereocenters. The molecule has 1 aromatic carbocycles. The molecule has 3 aromatic rings. The number of aryl methyl sites for hydroxylation is 1. The molecule has 5 rings (SSSR count). The van der Waals surface area contributed by atoms with Crippen LogP contribution in [0.15, 0.2) is 36.7 Å². The van der Waals surface area contributed by atoms with E-state index >= 15 is 0 Å². The minimum absolute atomic E-state index is 0.227. The predicted octanol–water partition coefficient (Wildman–Crippen LogP) is 2.83. The zero-order chi connectivity index (χ0) is 23.3. The van der Waals surface area contributed by atoms with Gasteiger partial charge in [0.15, 0.2) is 0 Å². The number of anilines is 4. The second-order valence-corrected chi connectivity index (χ2v) is 8.40. The van der Waals surface area contributed by atoms with Crippen molar-refractivity contribution < 1.29 is 14.0 Å². The van der Waals surface area contributed by atoms with Crippen molar-refractivity contribution >= 4 is 34.7 Å². The van der Waals surface area contributed by atoms with Gasteiger partial charge in [0.05, 0.1) is 34.2 Å². The summed E-state index contributed by atoms with van der Waals surface area (Å²) in [5.41, 5.74) is 5.57. The van der Waals surface area contributed by atoms with E-state index in [1.807, 2.05) is 38.5 Å². The first-order valence-corrected chi connectivity index (χ1v) is 10.7. The number of hydrogen-bond acceptors (Lipinski definition) is 6. The van der Waals surface area contributed by atoms with Crippen LogP contribution in [-0.2, 0) is 18.4 Å². The number of rotatable bonds is 5. The highest BCUT2D eigenvalue weighted by Gasteiger charge is 2.43. The van der Waals surface area contributed by atoms with Gasteiger partial charge in [-0.3, -0.25) is 14.3 Å². The number of benzene rings is 1. The molecule has 0 unspecified atom stereocenters. The third kappa shape index (κ3) is 3.77. The Balaban J connectivity index is 1.53. The number of aromatic nitrogens is 3. The Labute approximate surface area is 190 Å². The van der Waals surface area contributed by atoms with Crippen LogP contribution in [0, 0.1) is 5.92 Å². The number of nitrogens with one attached hydrogen (secondary N) is 3. The Morgan fingerprint density at radius 1 is 1.21 bits per heavy atom. The van der Waals surface area contributed by atoms with Crippen LogP contribution >= 0.6 is 0 Å². The average molecular weight is 449 g/mol. The molecule has 1 aliphatic carbocycles. The molecule has 10 heteroatoms. The normalized spacial score (nSPS) is 18.2. The number of alkyl halides is 1. The molecule has 33 heavy (non-hydrogen) atoms. The van der Waals surface area contributed by atoms with Gasteiger partial charge in [-0.2, -0.15) is 5.10 Å². The summed E-state index contributed by atoms with van der Waals surface area (Å²) < 4.78 is 15.1. The lowest BCUT2D eigenvalue weighted by molar-refractivity contribution is -0.117. The molecule has 1 aliphatic heterocycles. The second kappa shape index (κ2) is 7.88. The number of nitrogens with zero attached hydrogens (tertiary/aromatic N) is 4. The van der Waals surface area contributed by atoms with Gasteiger partial charge in [-0.15, -0.1) is 0 Å². The van der Waals surface area contributed by atoms with Crippen LogP contribution in [0.2, 0.25) is 0 Å². The molecule has 0 bridgehead atoms. The smallest absolute Gasteiger partial charge is 0.254 e. The topological polar surface area (TPSA) is 104 Å². The summed E-state index contributed by atoms with van der Waals surface area (Å²) in [6, 6.07) is 7.46. The zero-order valence-corrected chi connectivity index (χ0v) is 18.5. The number of fused-ring (bicyclic) bond motifs is 3. The maximum atomic E-state index is 13.3. The van der Waals surface area contributed by atoms with Gasteiger partial charge in [-0.25, -0.2) is 9.37 Å². The van der Waals surface area contributed by atoms with Gasteiger partial charge >= 0.3 is 0 Å². The van der Waals surface area contributed by atoms with Gasteiger partial charge in [-0.05, 0) is 12.5 Å². The highest BCUT2D eigenvalue weighted by molar-refractivity contribution is 6.02. The second-order valence-electron chi connectivity index (χ2n) is 8.40. The maximum Gasteiger partial charge on any atom is 0.254 e. The van der Waals surface area contributed by atoms with Gasteiger partial charge in [-0.1, -0.05) is 12.1 Å². The maximum absolute atomic E-state index is 13.3. The fraction of sp³-hybridized carbons (Fsp3) is 0.304. The first-order chi connectivity index (χ1) is 15.9. The monoisotopic (exact) mass is 449 g/mol. The molecule has 3 N–H and O–H groups in total. The summed E-state index contributed by atoms with van der Waals surface area (Å²) in [4.78, 5) is 31.0. The predicted molar refractivity (Wildman–Crippen MR) is 123 cm³/mol. The first-order valence-electron chi connectivity index (χ1n) is 10.7. The van der Waals surface area contributed by atoms with E-state index in [0.717, 1.165) is 28.2 Å². The molecule has 3 heterocycles. The molecule has 2 amide bonds. The molecule has 170 valence electrons. The lowest BCUT2D eigenvalue weighted by Gasteiger charge is -2.29. The standard InChI is InChI=1S/C23H24FN7O2/c1-25-22(32)15-9-26-19(28-23(33)14-7-16(14)24)8-18(15)27-17-6-4-5-13-20-12(11-31(3)29-20)10-30(2)21(13)17/h4-6,8-9,11,14,16H,7,10H2,1-3H3,(H,25,32)(H2,26,27,28,33)/t14-,16+/m0/s1. The first kappa shape index (κ1) is 20.9. The quantitative estimate of drug-likeness (QED) is 0.553. The molecular weight excluding hydrogens is 425 g/mol. The highest BCUT2D eigenvalue weighted by Crippen LogP contribution is 2.43. The summed E-state index contributed by atoms with van der Waals surface area (Å²) in [7, 11) is 5.44. The zero-order valence-electron chi connectivity index (χ0n) is 18.5. The lowest BCUT2D eigenvalue weighted by Crippen LogP contribution is -2.23. The van der Waals surface area contributed by atoms with Gasteiger partial charge in [0.1, 0.15) is 12.0 Å². The summed E-state index contributed by atoms with van der Waals surface area (Å²) in [5, 5.41) is 13.2. The van der Waals surface area contributed by atoms with Crippen LogP contribution in [0.5, 0.6) is 0 Å². The third-order valence-corrected chi connectivity index (χ3v) is 5.93. The van der Waals surface area contributed by atoms with Crippen molar-refractivity contribution in [2.45, 2.75) is 19.1 Å². The van der Waals surface area contributed by atoms with Crippen molar-refractivity contribution in [3.63, 3.8) is 0 Å².